The number of nitrogens with zero attached hydrogens (tertiary/aromatic N) is 2. The highest BCUT2D eigenvalue weighted by Crippen LogP contribution is 2.53. The van der Waals surface area contributed by atoms with Gasteiger partial charge in [0.25, 0.3) is 6.71 Å². The van der Waals surface area contributed by atoms with E-state index in [1.165, 1.54) is 108 Å². The van der Waals surface area contributed by atoms with Crippen molar-refractivity contribution in [3.8, 4) is 0 Å². The Kier molecular flexibility index (Phi) is 6.64. The summed E-state index contributed by atoms with van der Waals surface area (Å²) < 4.78 is 2.88. The van der Waals surface area contributed by atoms with Gasteiger partial charge in [0.05, 0.1) is 5.69 Å². The van der Waals surface area contributed by atoms with E-state index in [0.29, 0.717) is 0 Å². The smallest absolute Gasteiger partial charge is 0.264 e. The Labute approximate surface area is 314 Å². The fourth-order valence-electron chi connectivity index (χ4n) is 10.2. The number of thiophene rings is 1. The van der Waals surface area contributed by atoms with E-state index in [1.54, 1.807) is 0 Å². The van der Waals surface area contributed by atoms with Crippen molar-refractivity contribution in [2.24, 2.45) is 0 Å². The molecule has 0 radical (unpaired) electrons. The molecule has 5 aromatic carbocycles. The SMILES string of the molecule is CC1(C)CCC(C)(C)c2cc3c(cc21)B1c2sc4cc5c(cc4c2N(c2ccccc2)c2cccc(c21)N3c1ccccc1)C(C)(C)CCC5(C)C. The molecule has 6 aromatic rings. The molecule has 0 atom stereocenters. The summed E-state index contributed by atoms with van der Waals surface area (Å²) in [5, 5.41) is 1.40. The van der Waals surface area contributed by atoms with Crippen molar-refractivity contribution in [3.63, 3.8) is 0 Å². The fourth-order valence-corrected chi connectivity index (χ4v) is 11.6. The molecular weight excluding hydrogens is 647 g/mol. The van der Waals surface area contributed by atoms with Crippen LogP contribution in [0, 0.1) is 0 Å². The third-order valence-electron chi connectivity index (χ3n) is 13.6. The van der Waals surface area contributed by atoms with Crippen LogP contribution in [0.25, 0.3) is 10.1 Å². The van der Waals surface area contributed by atoms with Crippen molar-refractivity contribution in [2.75, 3.05) is 9.80 Å². The maximum atomic E-state index is 2.66. The van der Waals surface area contributed by atoms with E-state index in [4.69, 9.17) is 0 Å². The molecular formula is C48H49BN2S. The lowest BCUT2D eigenvalue weighted by Gasteiger charge is -2.46. The molecule has 0 spiro atoms. The van der Waals surface area contributed by atoms with Crippen molar-refractivity contribution in [1.29, 1.82) is 0 Å². The van der Waals surface area contributed by atoms with E-state index in [9.17, 15) is 0 Å². The molecule has 2 nitrogen and oxygen atoms in total. The minimum atomic E-state index is 0.112. The van der Waals surface area contributed by atoms with Crippen LogP contribution in [0.1, 0.15) is 103 Å². The first-order valence-electron chi connectivity index (χ1n) is 19.4. The van der Waals surface area contributed by atoms with Crippen LogP contribution in [0.2, 0.25) is 0 Å². The molecule has 2 aliphatic heterocycles. The van der Waals surface area contributed by atoms with E-state index in [2.05, 4.69) is 168 Å². The quantitative estimate of drug-likeness (QED) is 0.166. The van der Waals surface area contributed by atoms with Gasteiger partial charge < -0.3 is 9.80 Å². The largest absolute Gasteiger partial charge is 0.311 e. The molecule has 0 fully saturated rings. The van der Waals surface area contributed by atoms with Crippen molar-refractivity contribution in [2.45, 2.75) is 103 Å². The van der Waals surface area contributed by atoms with Crippen molar-refractivity contribution in [3.05, 3.63) is 125 Å². The zero-order valence-corrected chi connectivity index (χ0v) is 32.8. The second-order valence-electron chi connectivity index (χ2n) is 18.7. The molecule has 52 heavy (non-hydrogen) atoms. The molecule has 1 aromatic heterocycles. The molecule has 260 valence electrons. The van der Waals surface area contributed by atoms with Crippen LogP contribution in [0.4, 0.5) is 34.1 Å². The van der Waals surface area contributed by atoms with Crippen molar-refractivity contribution < 1.29 is 0 Å². The monoisotopic (exact) mass is 696 g/mol. The second kappa shape index (κ2) is 10.7. The summed E-state index contributed by atoms with van der Waals surface area (Å²) in [5.41, 5.74) is 17.2. The first-order chi connectivity index (χ1) is 24.8. The zero-order chi connectivity index (χ0) is 35.9. The minimum absolute atomic E-state index is 0.112. The molecule has 0 bridgehead atoms. The Morgan fingerprint density at radius 2 is 0.981 bits per heavy atom. The Morgan fingerprint density at radius 3 is 1.56 bits per heavy atom. The molecule has 3 heterocycles. The molecule has 0 amide bonds. The zero-order valence-electron chi connectivity index (χ0n) is 32.0. The summed E-state index contributed by atoms with van der Waals surface area (Å²) in [7, 11) is 0. The Balaban J connectivity index is 1.34. The average Bonchev–Trinajstić information content (AvgIpc) is 3.50. The molecule has 2 aliphatic carbocycles. The number of anilines is 6. The standard InChI is InChI=1S/C48H49BN2S/c1-45(2)22-25-48(7,8)36-29-41-32(26-33(36)45)43-44(52-41)49-37-27-34-35(47(5,6)24-23-46(34,3)4)28-40(37)50(30-16-11-9-12-17-30)38-20-15-21-39(42(38)49)51(43)31-18-13-10-14-19-31/h9-21,26-29H,22-25H2,1-8H3. The van der Waals surface area contributed by atoms with Crippen LogP contribution >= 0.6 is 11.3 Å². The Morgan fingerprint density at radius 1 is 0.500 bits per heavy atom. The highest BCUT2D eigenvalue weighted by Gasteiger charge is 2.48. The lowest BCUT2D eigenvalue weighted by Crippen LogP contribution is -2.61. The summed E-state index contributed by atoms with van der Waals surface area (Å²) in [4.78, 5) is 5.18. The summed E-state index contributed by atoms with van der Waals surface area (Å²) in [6, 6.07) is 39.7. The highest BCUT2D eigenvalue weighted by molar-refractivity contribution is 7.33. The van der Waals surface area contributed by atoms with E-state index in [1.807, 2.05) is 11.3 Å². The van der Waals surface area contributed by atoms with Gasteiger partial charge in [-0.2, -0.15) is 0 Å². The van der Waals surface area contributed by atoms with Crippen LogP contribution in [0.15, 0.2) is 103 Å². The van der Waals surface area contributed by atoms with Crippen LogP contribution in [-0.2, 0) is 21.7 Å². The Hall–Kier alpha value is -4.28. The summed E-state index contributed by atoms with van der Waals surface area (Å²) >= 11 is 2.05. The number of para-hydroxylation sites is 2. The molecule has 0 saturated heterocycles. The number of hydrogen-bond acceptors (Lipinski definition) is 3. The van der Waals surface area contributed by atoms with Crippen LogP contribution in [-0.4, -0.2) is 6.71 Å². The van der Waals surface area contributed by atoms with Crippen molar-refractivity contribution >= 4 is 78.0 Å². The number of rotatable bonds is 2. The van der Waals surface area contributed by atoms with Gasteiger partial charge in [0.1, 0.15) is 0 Å². The predicted octanol–water partition coefficient (Wildman–Crippen LogP) is 11.7. The molecule has 10 rings (SSSR count). The number of hydrogen-bond donors (Lipinski definition) is 0. The van der Waals surface area contributed by atoms with Gasteiger partial charge in [-0.25, -0.2) is 0 Å². The third-order valence-corrected chi connectivity index (χ3v) is 14.8. The first kappa shape index (κ1) is 32.4. The summed E-state index contributed by atoms with van der Waals surface area (Å²) in [6.45, 7) is 19.8. The van der Waals surface area contributed by atoms with Gasteiger partial charge in [0.15, 0.2) is 0 Å². The minimum Gasteiger partial charge on any atom is -0.311 e. The highest BCUT2D eigenvalue weighted by atomic mass is 32.1. The maximum absolute atomic E-state index is 2.66. The topological polar surface area (TPSA) is 6.48 Å². The molecule has 0 unspecified atom stereocenters. The third kappa shape index (κ3) is 4.43. The van der Waals surface area contributed by atoms with Crippen LogP contribution in [0.3, 0.4) is 0 Å². The maximum Gasteiger partial charge on any atom is 0.264 e. The summed E-state index contributed by atoms with van der Waals surface area (Å²) in [6.07, 6.45) is 4.83. The van der Waals surface area contributed by atoms with Crippen LogP contribution in [0.5, 0.6) is 0 Å². The van der Waals surface area contributed by atoms with E-state index in [-0.39, 0.29) is 28.4 Å². The van der Waals surface area contributed by atoms with Crippen LogP contribution < -0.4 is 25.5 Å². The van der Waals surface area contributed by atoms with E-state index in [0.717, 1.165) is 0 Å². The molecule has 0 N–H and O–H groups in total. The fraction of sp³-hybridized carbons (Fsp3) is 0.333. The van der Waals surface area contributed by atoms with Gasteiger partial charge in [-0.15, -0.1) is 11.3 Å². The lowest BCUT2D eigenvalue weighted by atomic mass is 9.35. The number of fused-ring (bicyclic) bond motifs is 8. The number of benzene rings is 5. The van der Waals surface area contributed by atoms with Gasteiger partial charge in [-0.1, -0.05) is 104 Å². The van der Waals surface area contributed by atoms with Gasteiger partial charge in [-0.05, 0) is 135 Å². The second-order valence-corrected chi connectivity index (χ2v) is 19.8. The average molecular weight is 697 g/mol. The molecule has 0 saturated carbocycles. The van der Waals surface area contributed by atoms with Crippen molar-refractivity contribution in [1.82, 2.24) is 0 Å². The normalized spacial score (nSPS) is 19.7. The molecule has 4 aliphatic rings. The first-order valence-corrected chi connectivity index (χ1v) is 20.2. The van der Waals surface area contributed by atoms with E-state index >= 15 is 0 Å². The summed E-state index contributed by atoms with van der Waals surface area (Å²) in [5.74, 6) is 0. The predicted molar refractivity (Wildman–Crippen MR) is 226 cm³/mol. The van der Waals surface area contributed by atoms with Gasteiger partial charge in [0, 0.05) is 43.3 Å². The van der Waals surface area contributed by atoms with E-state index < -0.39 is 0 Å². The molecule has 4 heteroatoms. The van der Waals surface area contributed by atoms with Gasteiger partial charge in [-0.3, -0.25) is 0 Å². The van der Waals surface area contributed by atoms with Gasteiger partial charge in [0.2, 0.25) is 0 Å². The van der Waals surface area contributed by atoms with Gasteiger partial charge >= 0.3 is 0 Å². The Bertz CT molecular complexity index is 2430. The lowest BCUT2D eigenvalue weighted by molar-refractivity contribution is 0.332.